The fraction of sp³-hybridized carbons (Fsp3) is 0.167. The van der Waals surface area contributed by atoms with Gasteiger partial charge in [0.1, 0.15) is 5.78 Å². The minimum atomic E-state index is -1.04. The molecule has 0 aliphatic carbocycles. The Hall–Kier alpha value is -1.07. The van der Waals surface area contributed by atoms with E-state index in [2.05, 4.69) is 28.6 Å². The fourth-order valence-electron chi connectivity index (χ4n) is 1.35. The molecular weight excluding hydrogens is 304 g/mol. The SMILES string of the molecule is CC(=O)C(Br)c1cccc(S)c1C=CC(=O)O. The molecule has 0 bridgehead atoms. The number of hydrogen-bond acceptors (Lipinski definition) is 3. The molecule has 0 saturated carbocycles. The lowest BCUT2D eigenvalue weighted by molar-refractivity contribution is -0.131. The second-order valence-electron chi connectivity index (χ2n) is 3.42. The maximum absolute atomic E-state index is 11.3. The van der Waals surface area contributed by atoms with E-state index >= 15 is 0 Å². The predicted octanol–water partition coefficient (Wildman–Crippen LogP) is 3.10. The van der Waals surface area contributed by atoms with Crippen molar-refractivity contribution >= 4 is 46.4 Å². The number of ketones is 1. The summed E-state index contributed by atoms with van der Waals surface area (Å²) in [5, 5.41) is 8.61. The summed E-state index contributed by atoms with van der Waals surface area (Å²) in [5.41, 5.74) is 1.35. The van der Waals surface area contributed by atoms with E-state index < -0.39 is 10.8 Å². The van der Waals surface area contributed by atoms with E-state index in [1.807, 2.05) is 0 Å². The molecular formula is C12H11BrO3S. The van der Waals surface area contributed by atoms with Crippen LogP contribution < -0.4 is 0 Å². The summed E-state index contributed by atoms with van der Waals surface area (Å²) in [5.74, 6) is -1.09. The lowest BCUT2D eigenvalue weighted by atomic mass is 10.0. The van der Waals surface area contributed by atoms with Crippen LogP contribution in [0.2, 0.25) is 0 Å². The molecule has 0 fully saturated rings. The smallest absolute Gasteiger partial charge is 0.328 e. The van der Waals surface area contributed by atoms with Gasteiger partial charge in [0, 0.05) is 11.0 Å². The van der Waals surface area contributed by atoms with E-state index in [4.69, 9.17) is 5.11 Å². The molecule has 1 aromatic carbocycles. The first-order valence-electron chi connectivity index (χ1n) is 4.81. The molecule has 3 nitrogen and oxygen atoms in total. The largest absolute Gasteiger partial charge is 0.478 e. The third kappa shape index (κ3) is 3.71. The zero-order valence-corrected chi connectivity index (χ0v) is 11.5. The first-order valence-corrected chi connectivity index (χ1v) is 6.17. The molecule has 0 aromatic heterocycles. The van der Waals surface area contributed by atoms with Gasteiger partial charge in [-0.1, -0.05) is 28.1 Å². The standard InChI is InChI=1S/C12H11BrO3S/c1-7(14)12(13)9-3-2-4-10(17)8(9)5-6-11(15)16/h2-6,12,17H,1H3,(H,15,16). The van der Waals surface area contributed by atoms with E-state index in [0.29, 0.717) is 16.0 Å². The summed E-state index contributed by atoms with van der Waals surface area (Å²) in [6, 6.07) is 5.28. The van der Waals surface area contributed by atoms with E-state index in [1.54, 1.807) is 18.2 Å². The highest BCUT2D eigenvalue weighted by molar-refractivity contribution is 9.09. The van der Waals surface area contributed by atoms with Crippen molar-refractivity contribution in [1.82, 2.24) is 0 Å². The second kappa shape index (κ2) is 6.02. The number of halogens is 1. The summed E-state index contributed by atoms with van der Waals surface area (Å²) in [6.07, 6.45) is 2.47. The van der Waals surface area contributed by atoms with Crippen molar-refractivity contribution in [2.24, 2.45) is 0 Å². The molecule has 90 valence electrons. The maximum atomic E-state index is 11.3. The van der Waals surface area contributed by atoms with Crippen LogP contribution in [-0.4, -0.2) is 16.9 Å². The molecule has 0 aliphatic rings. The molecule has 1 atom stereocenters. The Labute approximate surface area is 113 Å². The summed E-state index contributed by atoms with van der Waals surface area (Å²) >= 11 is 7.53. The third-order valence-electron chi connectivity index (χ3n) is 2.14. The van der Waals surface area contributed by atoms with E-state index in [0.717, 1.165) is 6.08 Å². The van der Waals surface area contributed by atoms with Gasteiger partial charge in [-0.25, -0.2) is 4.79 Å². The van der Waals surface area contributed by atoms with E-state index in [-0.39, 0.29) is 5.78 Å². The number of carboxylic acids is 1. The molecule has 0 saturated heterocycles. The number of hydrogen-bond donors (Lipinski definition) is 2. The Bertz CT molecular complexity index is 483. The Kier molecular flexibility index (Phi) is 4.96. The quantitative estimate of drug-likeness (QED) is 0.510. The molecule has 0 radical (unpaired) electrons. The van der Waals surface area contributed by atoms with Crippen LogP contribution in [0.25, 0.3) is 6.08 Å². The van der Waals surface area contributed by atoms with Crippen LogP contribution in [-0.2, 0) is 9.59 Å². The Morgan fingerprint density at radius 3 is 2.65 bits per heavy atom. The summed E-state index contributed by atoms with van der Waals surface area (Å²) in [4.78, 5) is 22.0. The van der Waals surface area contributed by atoms with E-state index in [9.17, 15) is 9.59 Å². The average Bonchev–Trinajstić information content (AvgIpc) is 2.25. The molecule has 1 aromatic rings. The van der Waals surface area contributed by atoms with Gasteiger partial charge in [-0.05, 0) is 30.2 Å². The number of benzene rings is 1. The van der Waals surface area contributed by atoms with Crippen molar-refractivity contribution in [1.29, 1.82) is 0 Å². The predicted molar refractivity (Wildman–Crippen MR) is 72.7 cm³/mol. The van der Waals surface area contributed by atoms with Crippen LogP contribution in [0.3, 0.4) is 0 Å². The van der Waals surface area contributed by atoms with Crippen molar-refractivity contribution in [3.63, 3.8) is 0 Å². The molecule has 1 N–H and O–H groups in total. The summed E-state index contributed by atoms with van der Waals surface area (Å²) in [7, 11) is 0. The van der Waals surface area contributed by atoms with Crippen LogP contribution >= 0.6 is 28.6 Å². The minimum Gasteiger partial charge on any atom is -0.478 e. The molecule has 1 rings (SSSR count). The number of Topliss-reactive ketones (excluding diaryl/α,β-unsaturated/α-hetero) is 1. The van der Waals surface area contributed by atoms with E-state index in [1.165, 1.54) is 13.0 Å². The average molecular weight is 315 g/mol. The number of carboxylic acid groups (broad SMARTS) is 1. The highest BCUT2D eigenvalue weighted by atomic mass is 79.9. The van der Waals surface area contributed by atoms with Crippen LogP contribution in [0.4, 0.5) is 0 Å². The molecule has 0 amide bonds. The van der Waals surface area contributed by atoms with Crippen LogP contribution in [0.1, 0.15) is 22.9 Å². The lowest BCUT2D eigenvalue weighted by Crippen LogP contribution is -2.03. The highest BCUT2D eigenvalue weighted by Crippen LogP contribution is 2.31. The lowest BCUT2D eigenvalue weighted by Gasteiger charge is -2.12. The molecule has 0 heterocycles. The number of thiol groups is 1. The molecule has 17 heavy (non-hydrogen) atoms. The monoisotopic (exact) mass is 314 g/mol. The van der Waals surface area contributed by atoms with Gasteiger partial charge in [-0.3, -0.25) is 4.79 Å². The molecule has 1 unspecified atom stereocenters. The van der Waals surface area contributed by atoms with Gasteiger partial charge in [0.15, 0.2) is 0 Å². The van der Waals surface area contributed by atoms with Gasteiger partial charge >= 0.3 is 5.97 Å². The van der Waals surface area contributed by atoms with Gasteiger partial charge in [0.05, 0.1) is 4.83 Å². The summed E-state index contributed by atoms with van der Waals surface area (Å²) in [6.45, 7) is 1.47. The third-order valence-corrected chi connectivity index (χ3v) is 3.67. The number of carbonyl (C=O) groups is 2. The van der Waals surface area contributed by atoms with Crippen LogP contribution in [0.15, 0.2) is 29.2 Å². The number of rotatable bonds is 4. The van der Waals surface area contributed by atoms with Crippen LogP contribution in [0.5, 0.6) is 0 Å². The Morgan fingerprint density at radius 2 is 2.12 bits per heavy atom. The van der Waals surface area contributed by atoms with Crippen molar-refractivity contribution < 1.29 is 14.7 Å². The zero-order valence-electron chi connectivity index (χ0n) is 9.05. The normalized spacial score (nSPS) is 12.6. The molecule has 0 spiro atoms. The van der Waals surface area contributed by atoms with Crippen molar-refractivity contribution in [2.75, 3.05) is 0 Å². The van der Waals surface area contributed by atoms with Gasteiger partial charge in [0.2, 0.25) is 0 Å². The van der Waals surface area contributed by atoms with Crippen molar-refractivity contribution in [2.45, 2.75) is 16.6 Å². The topological polar surface area (TPSA) is 54.4 Å². The molecule has 5 heteroatoms. The van der Waals surface area contributed by atoms with Crippen LogP contribution in [0, 0.1) is 0 Å². The fourth-order valence-corrected chi connectivity index (χ4v) is 2.04. The minimum absolute atomic E-state index is 0.0473. The highest BCUT2D eigenvalue weighted by Gasteiger charge is 2.16. The van der Waals surface area contributed by atoms with Gasteiger partial charge in [0.25, 0.3) is 0 Å². The maximum Gasteiger partial charge on any atom is 0.328 e. The van der Waals surface area contributed by atoms with Gasteiger partial charge < -0.3 is 5.11 Å². The summed E-state index contributed by atoms with van der Waals surface area (Å²) < 4.78 is 0. The Morgan fingerprint density at radius 1 is 1.47 bits per heavy atom. The second-order valence-corrected chi connectivity index (χ2v) is 4.82. The first-order chi connectivity index (χ1) is 7.93. The molecule has 0 aliphatic heterocycles. The first kappa shape index (κ1) is 14.0. The number of carbonyl (C=O) groups excluding carboxylic acids is 1. The number of aliphatic carboxylic acids is 1. The number of alkyl halides is 1. The van der Waals surface area contributed by atoms with Crippen molar-refractivity contribution in [3.05, 3.63) is 35.4 Å². The van der Waals surface area contributed by atoms with Gasteiger partial charge in [-0.2, -0.15) is 0 Å². The van der Waals surface area contributed by atoms with Gasteiger partial charge in [-0.15, -0.1) is 12.6 Å². The Balaban J connectivity index is 3.26. The van der Waals surface area contributed by atoms with Crippen molar-refractivity contribution in [3.8, 4) is 0 Å². The zero-order chi connectivity index (χ0) is 13.0.